The van der Waals surface area contributed by atoms with Gasteiger partial charge in [0.2, 0.25) is 0 Å². The van der Waals surface area contributed by atoms with E-state index in [1.54, 1.807) is 31.2 Å². The van der Waals surface area contributed by atoms with Gasteiger partial charge in [-0.2, -0.15) is 18.4 Å². The van der Waals surface area contributed by atoms with Crippen molar-refractivity contribution in [3.8, 4) is 11.5 Å². The van der Waals surface area contributed by atoms with Crippen molar-refractivity contribution >= 4 is 31.7 Å². The van der Waals surface area contributed by atoms with Crippen LogP contribution >= 0.6 is 15.9 Å². The van der Waals surface area contributed by atoms with Crippen molar-refractivity contribution in [1.29, 1.82) is 0 Å². The smallest absolute Gasteiger partial charge is 0.276 e. The van der Waals surface area contributed by atoms with E-state index in [0.29, 0.717) is 17.0 Å². The van der Waals surface area contributed by atoms with Gasteiger partial charge in [0.15, 0.2) is 0 Å². The number of halogens is 1. The number of sulfonamides is 1. The maximum atomic E-state index is 12.2. The molecule has 2 rings (SSSR count). The van der Waals surface area contributed by atoms with E-state index in [0.717, 1.165) is 4.47 Å². The zero-order chi connectivity index (χ0) is 17.0. The zero-order valence-corrected chi connectivity index (χ0v) is 14.8. The minimum Gasteiger partial charge on any atom is -0.507 e. The predicted octanol–water partition coefficient (Wildman–Crippen LogP) is 2.87. The Kier molecular flexibility index (Phi) is 5.27. The molecule has 0 spiro atoms. The summed E-state index contributed by atoms with van der Waals surface area (Å²) in [6, 6.07) is 10.8. The normalized spacial score (nSPS) is 12.0. The van der Waals surface area contributed by atoms with Crippen LogP contribution < -0.4 is 9.57 Å². The lowest BCUT2D eigenvalue weighted by atomic mass is 10.1. The number of methoxy groups -OCH3 is 1. The van der Waals surface area contributed by atoms with E-state index in [-0.39, 0.29) is 10.6 Å². The minimum absolute atomic E-state index is 0.0186. The third kappa shape index (κ3) is 4.23. The molecule has 0 bridgehead atoms. The number of ether oxygens (including phenoxy) is 1. The van der Waals surface area contributed by atoms with E-state index >= 15 is 0 Å². The van der Waals surface area contributed by atoms with Crippen molar-refractivity contribution in [2.75, 3.05) is 7.11 Å². The van der Waals surface area contributed by atoms with Gasteiger partial charge in [-0.05, 0) is 49.4 Å². The van der Waals surface area contributed by atoms with Crippen LogP contribution in [0.5, 0.6) is 11.5 Å². The average molecular weight is 399 g/mol. The Morgan fingerprint density at radius 1 is 1.22 bits per heavy atom. The monoisotopic (exact) mass is 398 g/mol. The number of aromatic hydroxyl groups is 1. The molecule has 2 aromatic rings. The highest BCUT2D eigenvalue weighted by atomic mass is 79.9. The summed E-state index contributed by atoms with van der Waals surface area (Å²) in [5.74, 6) is 0.512. The largest absolute Gasteiger partial charge is 0.507 e. The quantitative estimate of drug-likeness (QED) is 0.598. The molecular weight excluding hydrogens is 384 g/mol. The third-order valence-electron chi connectivity index (χ3n) is 3.05. The molecule has 0 amide bonds. The van der Waals surface area contributed by atoms with Gasteiger partial charge in [-0.15, -0.1) is 0 Å². The highest BCUT2D eigenvalue weighted by molar-refractivity contribution is 9.10. The molecule has 0 radical (unpaired) electrons. The summed E-state index contributed by atoms with van der Waals surface area (Å²) in [4.78, 5) is 2.24. The minimum atomic E-state index is -3.78. The van der Waals surface area contributed by atoms with Crippen LogP contribution in [0.4, 0.5) is 0 Å². The molecule has 0 unspecified atom stereocenters. The Balaban J connectivity index is 2.26. The Labute approximate surface area is 143 Å². The second kappa shape index (κ2) is 7.01. The fraction of sp³-hybridized carbons (Fsp3) is 0.133. The van der Waals surface area contributed by atoms with Gasteiger partial charge in [-0.1, -0.05) is 15.9 Å². The van der Waals surface area contributed by atoms with E-state index in [1.165, 1.54) is 25.3 Å². The van der Waals surface area contributed by atoms with Gasteiger partial charge in [-0.3, -0.25) is 0 Å². The molecular formula is C15H15BrN2O4S. The molecule has 0 atom stereocenters. The highest BCUT2D eigenvalue weighted by Crippen LogP contribution is 2.23. The number of benzene rings is 2. The summed E-state index contributed by atoms with van der Waals surface area (Å²) in [6.07, 6.45) is 0. The maximum absolute atomic E-state index is 12.2. The summed E-state index contributed by atoms with van der Waals surface area (Å²) in [5, 5.41) is 13.7. The summed E-state index contributed by atoms with van der Waals surface area (Å²) >= 11 is 3.24. The zero-order valence-electron chi connectivity index (χ0n) is 12.4. The van der Waals surface area contributed by atoms with Crippen LogP contribution in [-0.2, 0) is 10.0 Å². The first kappa shape index (κ1) is 17.3. The first-order valence-corrected chi connectivity index (χ1v) is 8.80. The van der Waals surface area contributed by atoms with Gasteiger partial charge >= 0.3 is 0 Å². The molecule has 0 aliphatic carbocycles. The molecule has 6 nitrogen and oxygen atoms in total. The Morgan fingerprint density at radius 3 is 2.48 bits per heavy atom. The van der Waals surface area contributed by atoms with Gasteiger partial charge < -0.3 is 9.84 Å². The van der Waals surface area contributed by atoms with Crippen molar-refractivity contribution in [1.82, 2.24) is 4.83 Å². The lowest BCUT2D eigenvalue weighted by Gasteiger charge is -2.08. The summed E-state index contributed by atoms with van der Waals surface area (Å²) < 4.78 is 30.2. The second-order valence-electron chi connectivity index (χ2n) is 4.63. The first-order chi connectivity index (χ1) is 10.8. The van der Waals surface area contributed by atoms with E-state index < -0.39 is 10.0 Å². The Bertz CT molecular complexity index is 833. The number of hydrogen-bond donors (Lipinski definition) is 2. The molecule has 0 saturated heterocycles. The van der Waals surface area contributed by atoms with Crippen LogP contribution in [-0.4, -0.2) is 26.3 Å². The van der Waals surface area contributed by atoms with Crippen LogP contribution in [0, 0.1) is 0 Å². The van der Waals surface area contributed by atoms with Gasteiger partial charge in [0, 0.05) is 10.0 Å². The lowest BCUT2D eigenvalue weighted by molar-refractivity contribution is 0.412. The summed E-state index contributed by atoms with van der Waals surface area (Å²) in [7, 11) is -2.28. The topological polar surface area (TPSA) is 88.0 Å². The summed E-state index contributed by atoms with van der Waals surface area (Å²) in [6.45, 7) is 1.58. The molecule has 0 aromatic heterocycles. The van der Waals surface area contributed by atoms with Crippen molar-refractivity contribution in [3.05, 3.63) is 52.5 Å². The number of phenolic OH excluding ortho intramolecular Hbond substituents is 1. The molecule has 0 aliphatic rings. The number of hydrazone groups is 1. The molecule has 2 aromatic carbocycles. The van der Waals surface area contributed by atoms with Gasteiger partial charge in [0.05, 0.1) is 17.7 Å². The van der Waals surface area contributed by atoms with Gasteiger partial charge in [0.25, 0.3) is 10.0 Å². The van der Waals surface area contributed by atoms with Crippen molar-refractivity contribution in [2.45, 2.75) is 11.8 Å². The maximum Gasteiger partial charge on any atom is 0.276 e. The molecule has 2 N–H and O–H groups in total. The summed E-state index contributed by atoms with van der Waals surface area (Å²) in [5.41, 5.74) is 0.685. The van der Waals surface area contributed by atoms with E-state index in [2.05, 4.69) is 25.9 Å². The van der Waals surface area contributed by atoms with E-state index in [9.17, 15) is 13.5 Å². The predicted molar refractivity (Wildman–Crippen MR) is 91.3 cm³/mol. The fourth-order valence-corrected chi connectivity index (χ4v) is 2.91. The molecule has 122 valence electrons. The number of hydrogen-bond acceptors (Lipinski definition) is 5. The molecule has 8 heteroatoms. The lowest BCUT2D eigenvalue weighted by Crippen LogP contribution is -2.20. The first-order valence-electron chi connectivity index (χ1n) is 6.52. The van der Waals surface area contributed by atoms with Gasteiger partial charge in [0.1, 0.15) is 11.5 Å². The highest BCUT2D eigenvalue weighted by Gasteiger charge is 2.13. The van der Waals surface area contributed by atoms with E-state index in [1.807, 2.05) is 0 Å². The number of rotatable bonds is 5. The SMILES string of the molecule is COc1ccc(O)c(/C(C)=N/NS(=O)(=O)c2ccc(Br)cc2)c1. The molecule has 23 heavy (non-hydrogen) atoms. The van der Waals surface area contributed by atoms with Crippen LogP contribution in [0.2, 0.25) is 0 Å². The van der Waals surface area contributed by atoms with Crippen molar-refractivity contribution in [2.24, 2.45) is 5.10 Å². The van der Waals surface area contributed by atoms with Crippen molar-refractivity contribution < 1.29 is 18.3 Å². The second-order valence-corrected chi connectivity index (χ2v) is 7.21. The average Bonchev–Trinajstić information content (AvgIpc) is 2.53. The van der Waals surface area contributed by atoms with Crippen LogP contribution in [0.25, 0.3) is 0 Å². The number of phenols is 1. The van der Waals surface area contributed by atoms with E-state index in [4.69, 9.17) is 4.74 Å². The van der Waals surface area contributed by atoms with Crippen LogP contribution in [0.3, 0.4) is 0 Å². The molecule has 0 aliphatic heterocycles. The number of nitrogens with zero attached hydrogens (tertiary/aromatic N) is 1. The number of nitrogens with one attached hydrogen (secondary N) is 1. The van der Waals surface area contributed by atoms with Gasteiger partial charge in [-0.25, -0.2) is 0 Å². The third-order valence-corrected chi connectivity index (χ3v) is 4.80. The Morgan fingerprint density at radius 2 is 1.87 bits per heavy atom. The van der Waals surface area contributed by atoms with Crippen LogP contribution in [0.15, 0.2) is 56.9 Å². The molecule has 0 heterocycles. The fourth-order valence-electron chi connectivity index (χ4n) is 1.79. The molecule has 0 saturated carbocycles. The standard InChI is InChI=1S/C15H15BrN2O4S/c1-10(14-9-12(22-2)5-8-15(14)19)17-18-23(20,21)13-6-3-11(16)4-7-13/h3-9,18-19H,1-2H3/b17-10+. The van der Waals surface area contributed by atoms with Crippen LogP contribution in [0.1, 0.15) is 12.5 Å². The Hall–Kier alpha value is -2.06. The van der Waals surface area contributed by atoms with Crippen molar-refractivity contribution in [3.63, 3.8) is 0 Å². The molecule has 0 fully saturated rings.